The molecular weight excluding hydrogens is 406 g/mol. The molecule has 1 amide bonds. The number of hydrogen-bond acceptors (Lipinski definition) is 6. The molecule has 0 saturated carbocycles. The van der Waals surface area contributed by atoms with E-state index in [2.05, 4.69) is 24.0 Å². The fourth-order valence-corrected chi connectivity index (χ4v) is 4.15. The van der Waals surface area contributed by atoms with Gasteiger partial charge in [0.05, 0.1) is 6.20 Å². The largest absolute Gasteiger partial charge is 0.444 e. The number of carbonyl (C=O) groups is 1. The number of nitrogens with zero attached hydrogens (tertiary/aromatic N) is 3. The first kappa shape index (κ1) is 23.7. The highest BCUT2D eigenvalue weighted by atomic mass is 16.6. The Balaban J connectivity index is 2.03. The van der Waals surface area contributed by atoms with Gasteiger partial charge in [0.2, 0.25) is 0 Å². The second-order valence-corrected chi connectivity index (χ2v) is 10.1. The molecule has 4 N–H and O–H groups in total. The van der Waals surface area contributed by atoms with E-state index in [0.29, 0.717) is 30.1 Å². The number of ether oxygens (including phenoxy) is 1. The molecule has 2 aromatic rings. The van der Waals surface area contributed by atoms with Crippen LogP contribution in [-0.2, 0) is 10.3 Å². The van der Waals surface area contributed by atoms with Crippen LogP contribution in [0.3, 0.4) is 0 Å². The lowest BCUT2D eigenvalue weighted by Crippen LogP contribution is -2.66. The summed E-state index contributed by atoms with van der Waals surface area (Å²) in [5.41, 5.74) is 5.31. The Kier molecular flexibility index (Phi) is 6.04. The van der Waals surface area contributed by atoms with Crippen molar-refractivity contribution in [3.8, 4) is 0 Å². The van der Waals surface area contributed by atoms with Crippen molar-refractivity contribution in [2.45, 2.75) is 58.7 Å². The smallest absolute Gasteiger partial charge is 0.410 e. The number of nitrogens with two attached hydrogens (primary N) is 1. The van der Waals surface area contributed by atoms with Gasteiger partial charge in [-0.1, -0.05) is 45.0 Å². The first-order valence-corrected chi connectivity index (χ1v) is 10.8. The van der Waals surface area contributed by atoms with Crippen molar-refractivity contribution in [1.29, 1.82) is 5.41 Å². The number of aliphatic hydroxyl groups is 1. The minimum absolute atomic E-state index is 0.187. The van der Waals surface area contributed by atoms with E-state index in [4.69, 9.17) is 15.9 Å². The number of amidine groups is 1. The van der Waals surface area contributed by atoms with Crippen LogP contribution in [0.25, 0.3) is 0 Å². The standard InChI is InChI=1S/C24H33N5O3/c1-15(2)16-7-9-17(10-8-16)24(31,18-11-19(20(25)26)28-27-12-18)23(6)13-29(14-23)21(30)32-22(3,4)5/h7-12,15,31H,13-14H2,1-6H3,(H3,25,26). The van der Waals surface area contributed by atoms with Crippen LogP contribution in [0.5, 0.6) is 0 Å². The molecule has 0 radical (unpaired) electrons. The molecule has 8 heteroatoms. The number of likely N-dealkylation sites (tertiary alicyclic amines) is 1. The normalized spacial score (nSPS) is 17.4. The zero-order valence-corrected chi connectivity index (χ0v) is 19.6. The summed E-state index contributed by atoms with van der Waals surface area (Å²) in [6.45, 7) is 12.2. The number of rotatable bonds is 5. The van der Waals surface area contributed by atoms with E-state index in [0.717, 1.165) is 5.56 Å². The molecule has 1 aliphatic heterocycles. The van der Waals surface area contributed by atoms with Crippen LogP contribution in [0.15, 0.2) is 36.5 Å². The topological polar surface area (TPSA) is 125 Å². The van der Waals surface area contributed by atoms with E-state index in [9.17, 15) is 9.90 Å². The Hall–Kier alpha value is -3.00. The molecule has 2 heterocycles. The van der Waals surface area contributed by atoms with Gasteiger partial charge < -0.3 is 20.5 Å². The Labute approximate surface area is 189 Å². The summed E-state index contributed by atoms with van der Waals surface area (Å²) in [4.78, 5) is 14.1. The molecule has 1 atom stereocenters. The molecule has 32 heavy (non-hydrogen) atoms. The fourth-order valence-electron chi connectivity index (χ4n) is 4.15. The van der Waals surface area contributed by atoms with Crippen molar-refractivity contribution >= 4 is 11.9 Å². The molecule has 0 aliphatic carbocycles. The molecule has 1 unspecified atom stereocenters. The average molecular weight is 440 g/mol. The summed E-state index contributed by atoms with van der Waals surface area (Å²) in [7, 11) is 0. The van der Waals surface area contributed by atoms with Crippen molar-refractivity contribution in [3.05, 3.63) is 58.9 Å². The van der Waals surface area contributed by atoms with Crippen molar-refractivity contribution in [3.63, 3.8) is 0 Å². The molecule has 0 bridgehead atoms. The fraction of sp³-hybridized carbons (Fsp3) is 0.500. The Morgan fingerprint density at radius 2 is 1.81 bits per heavy atom. The maximum atomic E-state index is 12.5. The van der Waals surface area contributed by atoms with E-state index in [1.165, 1.54) is 6.20 Å². The predicted molar refractivity (Wildman–Crippen MR) is 122 cm³/mol. The molecule has 8 nitrogen and oxygen atoms in total. The average Bonchev–Trinajstić information content (AvgIpc) is 2.69. The van der Waals surface area contributed by atoms with Gasteiger partial charge in [-0.2, -0.15) is 5.10 Å². The van der Waals surface area contributed by atoms with Crippen LogP contribution in [0.4, 0.5) is 4.79 Å². The lowest BCUT2D eigenvalue weighted by molar-refractivity contribution is -0.131. The number of hydrogen-bond donors (Lipinski definition) is 3. The van der Waals surface area contributed by atoms with Crippen molar-refractivity contribution in [2.75, 3.05) is 13.1 Å². The minimum atomic E-state index is -1.48. The summed E-state index contributed by atoms with van der Waals surface area (Å²) in [6, 6.07) is 9.40. The van der Waals surface area contributed by atoms with Crippen LogP contribution in [0.2, 0.25) is 0 Å². The van der Waals surface area contributed by atoms with Gasteiger partial charge in [0.1, 0.15) is 22.7 Å². The van der Waals surface area contributed by atoms with Gasteiger partial charge in [-0.25, -0.2) is 4.79 Å². The molecule has 1 aliphatic rings. The summed E-state index contributed by atoms with van der Waals surface area (Å²) in [6.07, 6.45) is 1.08. The van der Waals surface area contributed by atoms with E-state index >= 15 is 0 Å². The van der Waals surface area contributed by atoms with Gasteiger partial charge in [-0.05, 0) is 43.9 Å². The minimum Gasteiger partial charge on any atom is -0.444 e. The van der Waals surface area contributed by atoms with Crippen LogP contribution in [-0.4, -0.2) is 50.8 Å². The third-order valence-electron chi connectivity index (χ3n) is 5.95. The summed E-state index contributed by atoms with van der Waals surface area (Å²) in [5.74, 6) is 0.122. The lowest BCUT2D eigenvalue weighted by atomic mass is 9.62. The highest BCUT2D eigenvalue weighted by Gasteiger charge is 2.58. The third-order valence-corrected chi connectivity index (χ3v) is 5.95. The van der Waals surface area contributed by atoms with Crippen LogP contribution in [0.1, 0.15) is 69.8 Å². The van der Waals surface area contributed by atoms with Gasteiger partial charge in [0, 0.05) is 24.1 Å². The maximum Gasteiger partial charge on any atom is 0.410 e. The van der Waals surface area contributed by atoms with Crippen molar-refractivity contribution in [2.24, 2.45) is 11.1 Å². The number of nitrogen functional groups attached to an aromatic ring is 1. The summed E-state index contributed by atoms with van der Waals surface area (Å²) >= 11 is 0. The Morgan fingerprint density at radius 1 is 1.22 bits per heavy atom. The van der Waals surface area contributed by atoms with Gasteiger partial charge >= 0.3 is 6.09 Å². The highest BCUT2D eigenvalue weighted by Crippen LogP contribution is 2.50. The number of aromatic nitrogens is 2. The number of amides is 1. The first-order chi connectivity index (χ1) is 14.8. The van der Waals surface area contributed by atoms with Gasteiger partial charge in [-0.15, -0.1) is 5.10 Å². The molecule has 1 fully saturated rings. The molecule has 3 rings (SSSR count). The SMILES string of the molecule is CC(C)c1ccc(C(O)(c2cnnc(C(=N)N)c2)C2(C)CN(C(=O)OC(C)(C)C)C2)cc1. The van der Waals surface area contributed by atoms with E-state index in [1.54, 1.807) is 11.0 Å². The predicted octanol–water partition coefficient (Wildman–Crippen LogP) is 3.38. The van der Waals surface area contributed by atoms with E-state index in [1.807, 2.05) is 52.0 Å². The monoisotopic (exact) mass is 439 g/mol. The van der Waals surface area contributed by atoms with Gasteiger partial charge in [-0.3, -0.25) is 5.41 Å². The second kappa shape index (κ2) is 8.16. The van der Waals surface area contributed by atoms with Crippen LogP contribution >= 0.6 is 0 Å². The Bertz CT molecular complexity index is 1010. The number of nitrogens with one attached hydrogen (secondary N) is 1. The van der Waals surface area contributed by atoms with Crippen molar-refractivity contribution < 1.29 is 14.6 Å². The molecule has 172 valence electrons. The highest BCUT2D eigenvalue weighted by molar-refractivity contribution is 5.93. The van der Waals surface area contributed by atoms with Gasteiger partial charge in [0.15, 0.2) is 0 Å². The molecule has 1 aromatic heterocycles. The van der Waals surface area contributed by atoms with E-state index in [-0.39, 0.29) is 11.5 Å². The van der Waals surface area contributed by atoms with Crippen LogP contribution < -0.4 is 5.73 Å². The maximum absolute atomic E-state index is 12.5. The first-order valence-electron chi connectivity index (χ1n) is 10.8. The molecule has 1 saturated heterocycles. The quantitative estimate of drug-likeness (QED) is 0.484. The van der Waals surface area contributed by atoms with E-state index < -0.39 is 22.7 Å². The summed E-state index contributed by atoms with van der Waals surface area (Å²) < 4.78 is 5.49. The lowest BCUT2D eigenvalue weighted by Gasteiger charge is -2.56. The van der Waals surface area contributed by atoms with Gasteiger partial charge in [0.25, 0.3) is 0 Å². The molecule has 0 spiro atoms. The second-order valence-electron chi connectivity index (χ2n) is 10.1. The third kappa shape index (κ3) is 4.32. The number of carbonyl (C=O) groups excluding carboxylic acids is 1. The molecular formula is C24H33N5O3. The van der Waals surface area contributed by atoms with Crippen molar-refractivity contribution in [1.82, 2.24) is 15.1 Å². The molecule has 1 aromatic carbocycles. The summed E-state index contributed by atoms with van der Waals surface area (Å²) in [5, 5.41) is 27.8. The van der Waals surface area contributed by atoms with Crippen LogP contribution in [0, 0.1) is 10.8 Å². The zero-order chi connectivity index (χ0) is 23.9. The number of benzene rings is 1. The Morgan fingerprint density at radius 3 is 2.31 bits per heavy atom. The zero-order valence-electron chi connectivity index (χ0n) is 19.6.